The van der Waals surface area contributed by atoms with Gasteiger partial charge in [-0.3, -0.25) is 4.79 Å². The van der Waals surface area contributed by atoms with Crippen LogP contribution < -0.4 is 5.32 Å². The Balaban J connectivity index is 1.40. The number of fused-ring (bicyclic) bond motifs is 2. The van der Waals surface area contributed by atoms with E-state index < -0.39 is 0 Å². The van der Waals surface area contributed by atoms with Crippen molar-refractivity contribution in [3.05, 3.63) is 71.4 Å². The molecule has 0 spiro atoms. The van der Waals surface area contributed by atoms with Crippen LogP contribution in [0.4, 0.5) is 0 Å². The van der Waals surface area contributed by atoms with Crippen molar-refractivity contribution in [1.82, 2.24) is 10.3 Å². The lowest BCUT2D eigenvalue weighted by atomic mass is 9.99. The molecule has 0 aliphatic carbocycles. The summed E-state index contributed by atoms with van der Waals surface area (Å²) in [5, 5.41) is 4.08. The molecule has 2 N–H and O–H groups in total. The molecule has 1 aliphatic heterocycles. The van der Waals surface area contributed by atoms with Crippen LogP contribution in [-0.2, 0) is 17.8 Å². The van der Waals surface area contributed by atoms with Gasteiger partial charge in [0.05, 0.1) is 12.7 Å². The summed E-state index contributed by atoms with van der Waals surface area (Å²) in [4.78, 5) is 15.4. The second-order valence-electron chi connectivity index (χ2n) is 5.90. The fourth-order valence-corrected chi connectivity index (χ4v) is 3.04. The Morgan fingerprint density at radius 2 is 2.04 bits per heavy atom. The number of aromatic amines is 1. The van der Waals surface area contributed by atoms with Crippen molar-refractivity contribution in [2.24, 2.45) is 0 Å². The molecule has 23 heavy (non-hydrogen) atoms. The minimum Gasteiger partial charge on any atom is -0.371 e. The molecule has 0 bridgehead atoms. The van der Waals surface area contributed by atoms with Gasteiger partial charge in [0, 0.05) is 30.2 Å². The van der Waals surface area contributed by atoms with Crippen molar-refractivity contribution in [1.29, 1.82) is 0 Å². The first-order chi connectivity index (χ1) is 11.3. The quantitative estimate of drug-likeness (QED) is 0.781. The molecule has 0 saturated heterocycles. The summed E-state index contributed by atoms with van der Waals surface area (Å²) in [6.45, 7) is 1.14. The van der Waals surface area contributed by atoms with Crippen LogP contribution in [0.5, 0.6) is 0 Å². The molecule has 0 saturated carbocycles. The number of ether oxygens (including phenoxy) is 1. The van der Waals surface area contributed by atoms with E-state index in [2.05, 4.69) is 22.4 Å². The third-order valence-corrected chi connectivity index (χ3v) is 4.35. The van der Waals surface area contributed by atoms with E-state index in [-0.39, 0.29) is 12.0 Å². The van der Waals surface area contributed by atoms with E-state index in [0.717, 1.165) is 17.3 Å². The molecular weight excluding hydrogens is 288 g/mol. The van der Waals surface area contributed by atoms with E-state index in [4.69, 9.17) is 4.74 Å². The van der Waals surface area contributed by atoms with Gasteiger partial charge in [0.15, 0.2) is 0 Å². The Kier molecular flexibility index (Phi) is 3.60. The van der Waals surface area contributed by atoms with Gasteiger partial charge in [0.2, 0.25) is 0 Å². The van der Waals surface area contributed by atoms with Crippen LogP contribution in [0.2, 0.25) is 0 Å². The van der Waals surface area contributed by atoms with Gasteiger partial charge in [0.1, 0.15) is 0 Å². The van der Waals surface area contributed by atoms with Crippen molar-refractivity contribution < 1.29 is 9.53 Å². The number of amides is 1. The van der Waals surface area contributed by atoms with E-state index in [1.807, 2.05) is 42.6 Å². The normalized spacial score (nSPS) is 17.0. The summed E-state index contributed by atoms with van der Waals surface area (Å²) in [5.74, 6) is -0.0658. The summed E-state index contributed by atoms with van der Waals surface area (Å²) < 4.78 is 5.83. The van der Waals surface area contributed by atoms with Gasteiger partial charge in [0.25, 0.3) is 5.91 Å². The molecule has 116 valence electrons. The Bertz CT molecular complexity index is 853. The average Bonchev–Trinajstić information content (AvgIpc) is 3.07. The molecular formula is C19H18N2O2. The second kappa shape index (κ2) is 5.89. The first-order valence-corrected chi connectivity index (χ1v) is 7.83. The molecule has 4 rings (SSSR count). The SMILES string of the molecule is O=C(NCC1Cc2ccccc2CO1)c1ccc2cc[nH]c2c1. The van der Waals surface area contributed by atoms with Gasteiger partial charge >= 0.3 is 0 Å². The minimum atomic E-state index is -0.0658. The lowest BCUT2D eigenvalue weighted by molar-refractivity contribution is 0.0285. The van der Waals surface area contributed by atoms with Crippen LogP contribution in [0, 0.1) is 0 Å². The lowest BCUT2D eigenvalue weighted by Gasteiger charge is -2.25. The Labute approximate surface area is 134 Å². The third-order valence-electron chi connectivity index (χ3n) is 4.35. The monoisotopic (exact) mass is 306 g/mol. The van der Waals surface area contributed by atoms with Crippen molar-refractivity contribution in [3.8, 4) is 0 Å². The highest BCUT2D eigenvalue weighted by Gasteiger charge is 2.19. The predicted octanol–water partition coefficient (Wildman–Crippen LogP) is 3.04. The maximum Gasteiger partial charge on any atom is 0.251 e. The van der Waals surface area contributed by atoms with Crippen molar-refractivity contribution in [2.75, 3.05) is 6.54 Å². The van der Waals surface area contributed by atoms with Crippen molar-refractivity contribution in [3.63, 3.8) is 0 Å². The van der Waals surface area contributed by atoms with Gasteiger partial charge in [-0.1, -0.05) is 30.3 Å². The molecule has 1 aliphatic rings. The third kappa shape index (κ3) is 2.85. The first kappa shape index (κ1) is 14.0. The van der Waals surface area contributed by atoms with Gasteiger partial charge in [-0.25, -0.2) is 0 Å². The average molecular weight is 306 g/mol. The second-order valence-corrected chi connectivity index (χ2v) is 5.90. The van der Waals surface area contributed by atoms with Crippen LogP contribution >= 0.6 is 0 Å². The van der Waals surface area contributed by atoms with Gasteiger partial charge in [-0.05, 0) is 34.7 Å². The van der Waals surface area contributed by atoms with E-state index >= 15 is 0 Å². The highest BCUT2D eigenvalue weighted by Crippen LogP contribution is 2.20. The van der Waals surface area contributed by atoms with E-state index in [9.17, 15) is 4.79 Å². The molecule has 1 amide bonds. The molecule has 1 unspecified atom stereocenters. The summed E-state index contributed by atoms with van der Waals surface area (Å²) in [6, 6.07) is 16.0. The largest absolute Gasteiger partial charge is 0.371 e. The number of nitrogens with one attached hydrogen (secondary N) is 2. The zero-order valence-electron chi connectivity index (χ0n) is 12.7. The molecule has 4 heteroatoms. The molecule has 3 aromatic rings. The highest BCUT2D eigenvalue weighted by molar-refractivity contribution is 5.97. The number of hydrogen-bond acceptors (Lipinski definition) is 2. The lowest BCUT2D eigenvalue weighted by Crippen LogP contribution is -2.36. The van der Waals surface area contributed by atoms with Crippen LogP contribution in [0.3, 0.4) is 0 Å². The molecule has 1 atom stereocenters. The number of rotatable bonds is 3. The fraction of sp³-hybridized carbons (Fsp3) is 0.211. The number of carbonyl (C=O) groups excluding carboxylic acids is 1. The topological polar surface area (TPSA) is 54.1 Å². The van der Waals surface area contributed by atoms with E-state index in [0.29, 0.717) is 18.7 Å². The Morgan fingerprint density at radius 3 is 2.96 bits per heavy atom. The summed E-state index contributed by atoms with van der Waals surface area (Å²) in [6.07, 6.45) is 2.74. The Hall–Kier alpha value is -2.59. The van der Waals surface area contributed by atoms with Gasteiger partial charge in [-0.2, -0.15) is 0 Å². The number of aromatic nitrogens is 1. The summed E-state index contributed by atoms with van der Waals surface area (Å²) in [7, 11) is 0. The Morgan fingerprint density at radius 1 is 1.17 bits per heavy atom. The molecule has 2 aromatic carbocycles. The standard InChI is InChI=1S/C19H18N2O2/c22-19(15-6-5-13-7-8-20-18(13)10-15)21-11-17-9-14-3-1-2-4-16(14)12-23-17/h1-8,10,17,20H,9,11-12H2,(H,21,22). The van der Waals surface area contributed by atoms with Gasteiger partial charge in [-0.15, -0.1) is 0 Å². The molecule has 2 heterocycles. The number of benzene rings is 2. The smallest absolute Gasteiger partial charge is 0.251 e. The summed E-state index contributed by atoms with van der Waals surface area (Å²) in [5.41, 5.74) is 4.19. The minimum absolute atomic E-state index is 0.0306. The molecule has 1 aromatic heterocycles. The van der Waals surface area contributed by atoms with Crippen LogP contribution in [0.25, 0.3) is 10.9 Å². The number of H-pyrrole nitrogens is 1. The van der Waals surface area contributed by atoms with Crippen molar-refractivity contribution in [2.45, 2.75) is 19.1 Å². The molecule has 0 fully saturated rings. The van der Waals surface area contributed by atoms with Crippen LogP contribution in [0.1, 0.15) is 21.5 Å². The van der Waals surface area contributed by atoms with Gasteiger partial charge < -0.3 is 15.0 Å². The molecule has 4 nitrogen and oxygen atoms in total. The van der Waals surface area contributed by atoms with Crippen LogP contribution in [0.15, 0.2) is 54.7 Å². The zero-order valence-corrected chi connectivity index (χ0v) is 12.7. The fourth-order valence-electron chi connectivity index (χ4n) is 3.04. The van der Waals surface area contributed by atoms with E-state index in [1.165, 1.54) is 11.1 Å². The predicted molar refractivity (Wildman–Crippen MR) is 89.4 cm³/mol. The number of carbonyl (C=O) groups is 1. The highest BCUT2D eigenvalue weighted by atomic mass is 16.5. The zero-order chi connectivity index (χ0) is 15.6. The first-order valence-electron chi connectivity index (χ1n) is 7.83. The maximum absolute atomic E-state index is 12.3. The van der Waals surface area contributed by atoms with Crippen LogP contribution in [-0.4, -0.2) is 23.5 Å². The van der Waals surface area contributed by atoms with E-state index in [1.54, 1.807) is 0 Å². The maximum atomic E-state index is 12.3. The molecule has 0 radical (unpaired) electrons. The summed E-state index contributed by atoms with van der Waals surface area (Å²) >= 11 is 0. The number of hydrogen-bond donors (Lipinski definition) is 2. The van der Waals surface area contributed by atoms with Crippen molar-refractivity contribution >= 4 is 16.8 Å².